The van der Waals surface area contributed by atoms with Gasteiger partial charge in [0, 0.05) is 5.41 Å². The summed E-state index contributed by atoms with van der Waals surface area (Å²) in [6.45, 7) is 9.66. The number of hydrazone groups is 1. The molecule has 1 heterocycles. The average molecular weight is 408 g/mol. The maximum absolute atomic E-state index is 12.0. The number of H-pyrrole nitrogens is 1. The normalized spacial score (nSPS) is 12.0. The maximum atomic E-state index is 12.0. The van der Waals surface area contributed by atoms with E-state index in [1.807, 2.05) is 52.8 Å². The summed E-state index contributed by atoms with van der Waals surface area (Å²) in [5.41, 5.74) is 3.27. The lowest BCUT2D eigenvalue weighted by Gasteiger charge is -2.15. The maximum Gasteiger partial charge on any atom is 0.274 e. The lowest BCUT2D eigenvalue weighted by atomic mass is 9.93. The molecule has 0 atom stereocenters. The Morgan fingerprint density at radius 2 is 2.04 bits per heavy atom. The van der Waals surface area contributed by atoms with E-state index >= 15 is 0 Å². The van der Waals surface area contributed by atoms with Crippen molar-refractivity contribution >= 4 is 28.1 Å². The smallest absolute Gasteiger partial charge is 0.274 e. The summed E-state index contributed by atoms with van der Waals surface area (Å²) in [4.78, 5) is 14.6. The van der Waals surface area contributed by atoms with Crippen molar-refractivity contribution in [1.29, 1.82) is 0 Å². The number of anilines is 1. The summed E-state index contributed by atoms with van der Waals surface area (Å²) in [5.74, 6) is 0.959. The molecule has 0 radical (unpaired) electrons. The van der Waals surface area contributed by atoms with Gasteiger partial charge >= 0.3 is 0 Å². The first-order valence-electron chi connectivity index (χ1n) is 7.89. The van der Waals surface area contributed by atoms with Crippen molar-refractivity contribution in [3.8, 4) is 5.75 Å². The molecule has 0 spiro atoms. The van der Waals surface area contributed by atoms with Crippen LogP contribution in [0.3, 0.4) is 0 Å². The number of nitrogens with one attached hydrogen (secondary N) is 2. The zero-order valence-electron chi connectivity index (χ0n) is 14.9. The number of rotatable bonds is 5. The molecular formula is C17H22BrN5O2. The van der Waals surface area contributed by atoms with Crippen LogP contribution < -0.4 is 15.7 Å². The summed E-state index contributed by atoms with van der Waals surface area (Å²) < 4.78 is 6.50. The first kappa shape index (κ1) is 19.1. The van der Waals surface area contributed by atoms with E-state index in [-0.39, 0.29) is 23.0 Å². The highest BCUT2D eigenvalue weighted by atomic mass is 79.9. The van der Waals surface area contributed by atoms with Crippen LogP contribution in [0.2, 0.25) is 0 Å². The number of hydrogen-bond donors (Lipinski definition) is 2. The molecule has 0 fully saturated rings. The Morgan fingerprint density at radius 1 is 1.32 bits per heavy atom. The second-order valence-electron chi connectivity index (χ2n) is 6.83. The molecule has 2 rings (SSSR count). The van der Waals surface area contributed by atoms with Crippen molar-refractivity contribution in [2.45, 2.75) is 46.1 Å². The summed E-state index contributed by atoms with van der Waals surface area (Å²) in [6.07, 6.45) is 1.71. The van der Waals surface area contributed by atoms with Gasteiger partial charge in [0.2, 0.25) is 5.95 Å². The van der Waals surface area contributed by atoms with E-state index in [4.69, 9.17) is 4.74 Å². The predicted molar refractivity (Wildman–Crippen MR) is 102 cm³/mol. The van der Waals surface area contributed by atoms with Crippen LogP contribution in [0.1, 0.15) is 45.9 Å². The SMILES string of the molecule is CC(C)Oc1ccc(/C=N/Nc2nnc(C(C)(C)C)c(=O)[nH]2)cc1Br. The lowest BCUT2D eigenvalue weighted by molar-refractivity contribution is 0.241. The Balaban J connectivity index is 2.07. The van der Waals surface area contributed by atoms with Crippen molar-refractivity contribution in [3.63, 3.8) is 0 Å². The Morgan fingerprint density at radius 3 is 2.60 bits per heavy atom. The molecule has 0 saturated carbocycles. The molecule has 2 aromatic rings. The predicted octanol–water partition coefficient (Wildman–Crippen LogP) is 3.46. The van der Waals surface area contributed by atoms with Crippen molar-refractivity contribution in [3.05, 3.63) is 44.3 Å². The van der Waals surface area contributed by atoms with Crippen molar-refractivity contribution in [1.82, 2.24) is 15.2 Å². The summed E-state index contributed by atoms with van der Waals surface area (Å²) in [6, 6.07) is 5.63. The van der Waals surface area contributed by atoms with Gasteiger partial charge in [0.15, 0.2) is 0 Å². The quantitative estimate of drug-likeness (QED) is 0.584. The fourth-order valence-corrected chi connectivity index (χ4v) is 2.48. The molecule has 8 heteroatoms. The highest BCUT2D eigenvalue weighted by Crippen LogP contribution is 2.26. The Bertz CT molecular complexity index is 825. The van der Waals surface area contributed by atoms with Crippen LogP contribution in [0.5, 0.6) is 5.75 Å². The van der Waals surface area contributed by atoms with Crippen LogP contribution in [0, 0.1) is 0 Å². The van der Waals surface area contributed by atoms with E-state index in [0.29, 0.717) is 5.69 Å². The summed E-state index contributed by atoms with van der Waals surface area (Å²) in [7, 11) is 0. The third-order valence-corrected chi connectivity index (χ3v) is 3.73. The fraction of sp³-hybridized carbons (Fsp3) is 0.412. The van der Waals surface area contributed by atoms with Gasteiger partial charge in [-0.05, 0) is 53.5 Å². The Kier molecular flexibility index (Phi) is 5.94. The van der Waals surface area contributed by atoms with Gasteiger partial charge in [-0.1, -0.05) is 20.8 Å². The van der Waals surface area contributed by atoms with E-state index in [0.717, 1.165) is 15.8 Å². The van der Waals surface area contributed by atoms with Crippen molar-refractivity contribution in [2.24, 2.45) is 5.10 Å². The number of benzene rings is 1. The lowest BCUT2D eigenvalue weighted by Crippen LogP contribution is -2.28. The highest BCUT2D eigenvalue weighted by Gasteiger charge is 2.20. The van der Waals surface area contributed by atoms with Crippen LogP contribution >= 0.6 is 15.9 Å². The van der Waals surface area contributed by atoms with Gasteiger partial charge < -0.3 is 4.74 Å². The number of aromatic nitrogens is 3. The molecule has 1 aromatic carbocycles. The molecule has 0 aliphatic rings. The molecule has 7 nitrogen and oxygen atoms in total. The zero-order chi connectivity index (χ0) is 18.6. The van der Waals surface area contributed by atoms with Gasteiger partial charge in [0.05, 0.1) is 16.8 Å². The molecule has 1 aromatic heterocycles. The van der Waals surface area contributed by atoms with Gasteiger partial charge in [0.1, 0.15) is 11.4 Å². The van der Waals surface area contributed by atoms with Gasteiger partial charge in [0.25, 0.3) is 5.56 Å². The second-order valence-corrected chi connectivity index (χ2v) is 7.68. The first-order chi connectivity index (χ1) is 11.7. The number of halogens is 1. The van der Waals surface area contributed by atoms with Crippen LogP contribution in [0.25, 0.3) is 0 Å². The van der Waals surface area contributed by atoms with Crippen molar-refractivity contribution in [2.75, 3.05) is 5.43 Å². The molecule has 134 valence electrons. The Hall–Kier alpha value is -2.22. The topological polar surface area (TPSA) is 92.3 Å². The summed E-state index contributed by atoms with van der Waals surface area (Å²) in [5, 5.41) is 12.0. The molecular weight excluding hydrogens is 386 g/mol. The minimum atomic E-state index is -0.367. The van der Waals surface area contributed by atoms with E-state index in [9.17, 15) is 4.79 Å². The minimum Gasteiger partial charge on any atom is -0.490 e. The number of ether oxygens (including phenoxy) is 1. The van der Waals surface area contributed by atoms with Gasteiger partial charge in [-0.2, -0.15) is 5.10 Å². The standard InChI is InChI=1S/C17H22BrN5O2/c1-10(2)25-13-7-6-11(8-12(13)18)9-19-22-16-20-15(24)14(21-23-16)17(3,4)5/h6-10H,1-5H3,(H2,20,22,23,24)/b19-9+. The van der Waals surface area contributed by atoms with E-state index < -0.39 is 0 Å². The molecule has 0 aliphatic heterocycles. The zero-order valence-corrected chi connectivity index (χ0v) is 16.5. The van der Waals surface area contributed by atoms with E-state index in [1.165, 1.54) is 0 Å². The van der Waals surface area contributed by atoms with E-state index in [2.05, 4.69) is 41.6 Å². The van der Waals surface area contributed by atoms with Gasteiger partial charge in [-0.15, -0.1) is 10.2 Å². The van der Waals surface area contributed by atoms with Gasteiger partial charge in [-0.25, -0.2) is 5.43 Å². The molecule has 0 amide bonds. The number of aromatic amines is 1. The number of hydrogen-bond acceptors (Lipinski definition) is 6. The van der Waals surface area contributed by atoms with Crippen LogP contribution in [0.4, 0.5) is 5.95 Å². The third kappa shape index (κ3) is 5.38. The molecule has 0 saturated heterocycles. The Labute approximate surface area is 155 Å². The summed E-state index contributed by atoms with van der Waals surface area (Å²) >= 11 is 3.47. The van der Waals surface area contributed by atoms with Gasteiger partial charge in [-0.3, -0.25) is 9.78 Å². The monoisotopic (exact) mass is 407 g/mol. The molecule has 0 bridgehead atoms. The third-order valence-electron chi connectivity index (χ3n) is 3.11. The highest BCUT2D eigenvalue weighted by molar-refractivity contribution is 9.10. The fourth-order valence-electron chi connectivity index (χ4n) is 1.99. The van der Waals surface area contributed by atoms with Crippen LogP contribution in [-0.4, -0.2) is 27.5 Å². The van der Waals surface area contributed by atoms with Crippen LogP contribution in [-0.2, 0) is 5.41 Å². The molecule has 25 heavy (non-hydrogen) atoms. The average Bonchev–Trinajstić information content (AvgIpc) is 2.48. The van der Waals surface area contributed by atoms with E-state index in [1.54, 1.807) is 6.21 Å². The van der Waals surface area contributed by atoms with Crippen LogP contribution in [0.15, 0.2) is 32.6 Å². The number of nitrogens with zero attached hydrogens (tertiary/aromatic N) is 3. The molecule has 0 unspecified atom stereocenters. The second kappa shape index (κ2) is 7.77. The minimum absolute atomic E-state index is 0.101. The first-order valence-corrected chi connectivity index (χ1v) is 8.69. The largest absolute Gasteiger partial charge is 0.490 e. The molecule has 2 N–H and O–H groups in total. The molecule has 0 aliphatic carbocycles. The van der Waals surface area contributed by atoms with Crippen molar-refractivity contribution < 1.29 is 4.74 Å².